The number of aromatic nitrogens is 1. The third-order valence-corrected chi connectivity index (χ3v) is 7.11. The Bertz CT molecular complexity index is 1510. The van der Waals surface area contributed by atoms with Crippen molar-refractivity contribution in [1.82, 2.24) is 4.98 Å². The maximum atomic E-state index is 5.53. The van der Waals surface area contributed by atoms with Crippen LogP contribution in [0.1, 0.15) is 73.5 Å². The molecule has 0 amide bonds. The largest absolute Gasteiger partial charge is 0.673 e. The van der Waals surface area contributed by atoms with Gasteiger partial charge in [-0.3, -0.25) is 0 Å². The molecule has 0 saturated carbocycles. The van der Waals surface area contributed by atoms with E-state index in [1.807, 2.05) is 6.07 Å². The molecule has 5 aromatic rings. The van der Waals surface area contributed by atoms with Gasteiger partial charge in [-0.05, 0) is 42.1 Å². The Hall–Kier alpha value is -3.04. The van der Waals surface area contributed by atoms with Crippen LogP contribution in [-0.4, -0.2) is 4.98 Å². The van der Waals surface area contributed by atoms with Crippen molar-refractivity contribution in [3.05, 3.63) is 151 Å². The minimum absolute atomic E-state index is 0. The summed E-state index contributed by atoms with van der Waals surface area (Å²) in [5.74, 6) is 0.749. The summed E-state index contributed by atoms with van der Waals surface area (Å²) in [6.45, 7) is 11.2. The Labute approximate surface area is 261 Å². The first-order chi connectivity index (χ1) is 17.9. The summed E-state index contributed by atoms with van der Waals surface area (Å²) in [5.41, 5.74) is 8.95. The van der Waals surface area contributed by atoms with Gasteiger partial charge in [0.2, 0.25) is 0 Å². The summed E-state index contributed by atoms with van der Waals surface area (Å²) < 4.78 is 0. The molecule has 0 N–H and O–H groups in total. The van der Waals surface area contributed by atoms with Gasteiger partial charge < -0.3 is 25.2 Å². The molecule has 4 aromatic carbocycles. The third kappa shape index (κ3) is 6.81. The van der Waals surface area contributed by atoms with Crippen LogP contribution in [0.3, 0.4) is 0 Å². The zero-order chi connectivity index (χ0) is 25.9. The van der Waals surface area contributed by atoms with Crippen LogP contribution in [0.25, 0.3) is 27.3 Å². The zero-order valence-electron chi connectivity index (χ0n) is 24.9. The van der Waals surface area contributed by atoms with Crippen LogP contribution in [0.5, 0.6) is 0 Å². The molecule has 1 aromatic heterocycles. The summed E-state index contributed by atoms with van der Waals surface area (Å²) >= 11 is 0. The first-order valence-corrected chi connectivity index (χ1v) is 13.2. The molecule has 206 valence electrons. The molecule has 0 spiro atoms. The Morgan fingerprint density at radius 3 is 1.95 bits per heavy atom. The number of benzene rings is 4. The van der Waals surface area contributed by atoms with E-state index in [0.29, 0.717) is 11.8 Å². The number of fused-ring (bicyclic) bond motifs is 1. The topological polar surface area (TPSA) is 27.0 Å². The molecule has 0 fully saturated rings. The second-order valence-corrected chi connectivity index (χ2v) is 10.4. The van der Waals surface area contributed by atoms with Gasteiger partial charge in [0, 0.05) is 31.5 Å². The molecule has 40 heavy (non-hydrogen) atoms. The summed E-state index contributed by atoms with van der Waals surface area (Å²) in [6, 6.07) is 37.2. The summed E-state index contributed by atoms with van der Waals surface area (Å²) in [7, 11) is 0. The SMILES string of the molecule is Cc1ccccc1C([N-]c1c(C(C)C)cccc1C(C)C)c1cccc(-c2[c-]ccc3ccccc23)n1.[CH3-].[CH3-].[Hf]. The van der Waals surface area contributed by atoms with Gasteiger partial charge in [0.25, 0.3) is 0 Å². The number of pyridine rings is 1. The predicted molar refractivity (Wildman–Crippen MR) is 170 cm³/mol. The molecular formula is C37H40HfN2-4. The maximum absolute atomic E-state index is 5.53. The maximum Gasteiger partial charge on any atom is 0.0195 e. The van der Waals surface area contributed by atoms with Crippen LogP contribution in [0, 0.1) is 27.8 Å². The van der Waals surface area contributed by atoms with E-state index in [-0.39, 0.29) is 46.7 Å². The van der Waals surface area contributed by atoms with Crippen molar-refractivity contribution in [2.75, 3.05) is 0 Å². The van der Waals surface area contributed by atoms with Crippen LogP contribution in [-0.2, 0) is 25.8 Å². The molecule has 5 rings (SSSR count). The smallest absolute Gasteiger partial charge is 0.0195 e. The van der Waals surface area contributed by atoms with Crippen molar-refractivity contribution in [3.8, 4) is 11.3 Å². The average Bonchev–Trinajstić information content (AvgIpc) is 2.91. The van der Waals surface area contributed by atoms with Crippen molar-refractivity contribution in [3.63, 3.8) is 0 Å². The van der Waals surface area contributed by atoms with Crippen molar-refractivity contribution in [2.24, 2.45) is 0 Å². The van der Waals surface area contributed by atoms with Crippen molar-refractivity contribution < 1.29 is 25.8 Å². The summed E-state index contributed by atoms with van der Waals surface area (Å²) in [5, 5.41) is 7.88. The van der Waals surface area contributed by atoms with Gasteiger partial charge in [-0.2, -0.15) is 0 Å². The normalized spacial score (nSPS) is 11.4. The van der Waals surface area contributed by atoms with Crippen molar-refractivity contribution in [1.29, 1.82) is 0 Å². The van der Waals surface area contributed by atoms with Crippen LogP contribution in [0.2, 0.25) is 0 Å². The first kappa shape index (κ1) is 33.2. The number of hydrogen-bond donors (Lipinski definition) is 0. The van der Waals surface area contributed by atoms with Crippen LogP contribution < -0.4 is 0 Å². The fraction of sp³-hybridized carbons (Fsp3) is 0.216. The number of nitrogens with zero attached hydrogens (tertiary/aromatic N) is 2. The van der Waals surface area contributed by atoms with Crippen LogP contribution in [0.4, 0.5) is 5.69 Å². The second kappa shape index (κ2) is 14.6. The van der Waals surface area contributed by atoms with Gasteiger partial charge >= 0.3 is 0 Å². The van der Waals surface area contributed by atoms with E-state index in [1.54, 1.807) is 0 Å². The summed E-state index contributed by atoms with van der Waals surface area (Å²) in [6.07, 6.45) is 0. The Kier molecular flexibility index (Phi) is 12.1. The molecule has 0 aliphatic heterocycles. The van der Waals surface area contributed by atoms with Gasteiger partial charge in [0.1, 0.15) is 0 Å². The predicted octanol–water partition coefficient (Wildman–Crippen LogP) is 11.0. The fourth-order valence-electron chi connectivity index (χ4n) is 5.10. The molecule has 0 aliphatic rings. The van der Waals surface area contributed by atoms with Gasteiger partial charge in [0.05, 0.1) is 0 Å². The van der Waals surface area contributed by atoms with Gasteiger partial charge in [-0.25, -0.2) is 0 Å². The van der Waals surface area contributed by atoms with Crippen molar-refractivity contribution >= 4 is 16.5 Å². The minimum atomic E-state index is -0.214. The Morgan fingerprint density at radius 1 is 0.675 bits per heavy atom. The van der Waals surface area contributed by atoms with Gasteiger partial charge in [-0.1, -0.05) is 129 Å². The van der Waals surface area contributed by atoms with E-state index >= 15 is 0 Å². The molecule has 0 bridgehead atoms. The third-order valence-electron chi connectivity index (χ3n) is 7.11. The molecule has 0 saturated heterocycles. The Balaban J connectivity index is 0.00000187. The minimum Gasteiger partial charge on any atom is -0.673 e. The van der Waals surface area contributed by atoms with E-state index in [4.69, 9.17) is 10.3 Å². The van der Waals surface area contributed by atoms with Gasteiger partial charge in [0.15, 0.2) is 0 Å². The van der Waals surface area contributed by atoms with E-state index in [1.165, 1.54) is 27.6 Å². The standard InChI is InChI=1S/C35H34N2.2CH3.Hf/c1-23(2)27-18-11-19-28(24(3)4)34(27)37-35(29-16-8-6-13-25(29)5)33-22-12-21-32(36-33)31-20-10-15-26-14-7-9-17-30(26)31;;;/h6-19,21-24,35H,1-5H3;2*1H3;/q-2;2*-1;. The molecule has 1 atom stereocenters. The molecule has 1 unspecified atom stereocenters. The quantitative estimate of drug-likeness (QED) is 0.123. The average molecular weight is 691 g/mol. The molecule has 3 heteroatoms. The number of hydrogen-bond acceptors (Lipinski definition) is 1. The molecule has 2 nitrogen and oxygen atoms in total. The molecule has 0 radical (unpaired) electrons. The molecule has 1 heterocycles. The first-order valence-electron chi connectivity index (χ1n) is 13.2. The van der Waals surface area contributed by atoms with E-state index in [9.17, 15) is 0 Å². The number of rotatable bonds is 7. The number of aryl methyl sites for hydroxylation is 1. The van der Waals surface area contributed by atoms with Crippen LogP contribution >= 0.6 is 0 Å². The van der Waals surface area contributed by atoms with Crippen molar-refractivity contribution in [2.45, 2.75) is 52.5 Å². The fourth-order valence-corrected chi connectivity index (χ4v) is 5.10. The second-order valence-electron chi connectivity index (χ2n) is 10.4. The number of para-hydroxylation sites is 1. The Morgan fingerprint density at radius 2 is 1.27 bits per heavy atom. The zero-order valence-corrected chi connectivity index (χ0v) is 28.5. The van der Waals surface area contributed by atoms with E-state index in [2.05, 4.69) is 132 Å². The van der Waals surface area contributed by atoms with Crippen LogP contribution in [0.15, 0.2) is 97.1 Å². The molecule has 0 aliphatic carbocycles. The monoisotopic (exact) mass is 692 g/mol. The van der Waals surface area contributed by atoms with Gasteiger partial charge in [-0.15, -0.1) is 34.8 Å². The summed E-state index contributed by atoms with van der Waals surface area (Å²) in [4.78, 5) is 5.23. The van der Waals surface area contributed by atoms with E-state index < -0.39 is 0 Å². The van der Waals surface area contributed by atoms with E-state index in [0.717, 1.165) is 28.0 Å². The molecular weight excluding hydrogens is 651 g/mol.